The summed E-state index contributed by atoms with van der Waals surface area (Å²) in [6.45, 7) is 1.68. The van der Waals surface area contributed by atoms with Crippen molar-refractivity contribution in [3.05, 3.63) is 24.3 Å². The van der Waals surface area contributed by atoms with Crippen LogP contribution in [0.3, 0.4) is 0 Å². The molecule has 2 aliphatic heterocycles. The van der Waals surface area contributed by atoms with E-state index in [4.69, 9.17) is 4.74 Å². The Morgan fingerprint density at radius 1 is 1.14 bits per heavy atom. The first-order chi connectivity index (χ1) is 13.4. The lowest BCUT2D eigenvalue weighted by molar-refractivity contribution is -0.143. The molecule has 10 heteroatoms. The van der Waals surface area contributed by atoms with Crippen LogP contribution >= 0.6 is 24.0 Å². The lowest BCUT2D eigenvalue weighted by Crippen LogP contribution is -2.49. The van der Waals surface area contributed by atoms with Gasteiger partial charge >= 0.3 is 6.18 Å². The quantitative estimate of drug-likeness (QED) is 0.351. The summed E-state index contributed by atoms with van der Waals surface area (Å²) in [6, 6.07) is 8.12. The van der Waals surface area contributed by atoms with E-state index < -0.39 is 12.7 Å². The molecule has 6 nitrogen and oxygen atoms in total. The number of benzene rings is 1. The van der Waals surface area contributed by atoms with Gasteiger partial charge in [0.05, 0.1) is 19.3 Å². The number of anilines is 1. The molecule has 164 valence electrons. The van der Waals surface area contributed by atoms with Gasteiger partial charge in [-0.25, -0.2) is 0 Å². The molecule has 2 saturated heterocycles. The van der Waals surface area contributed by atoms with Crippen molar-refractivity contribution in [2.24, 2.45) is 4.99 Å². The van der Waals surface area contributed by atoms with Gasteiger partial charge in [-0.3, -0.25) is 9.89 Å². The monoisotopic (exact) mass is 527 g/mol. The third-order valence-corrected chi connectivity index (χ3v) is 5.19. The SMILES string of the molecule is CN=C(NC1CCN(CC(F)(F)F)C1)NC1CCN(c2ccccc2OC)C1.I. The van der Waals surface area contributed by atoms with E-state index in [1.165, 1.54) is 4.90 Å². The number of nitrogens with one attached hydrogen (secondary N) is 2. The average molecular weight is 527 g/mol. The zero-order valence-corrected chi connectivity index (χ0v) is 19.0. The Kier molecular flexibility index (Phi) is 8.68. The van der Waals surface area contributed by atoms with Gasteiger partial charge in [0.2, 0.25) is 0 Å². The minimum Gasteiger partial charge on any atom is -0.495 e. The number of methoxy groups -OCH3 is 1. The lowest BCUT2D eigenvalue weighted by Gasteiger charge is -2.23. The smallest absolute Gasteiger partial charge is 0.401 e. The van der Waals surface area contributed by atoms with Crippen molar-refractivity contribution >= 4 is 35.6 Å². The Hall–Kier alpha value is -1.43. The second-order valence-electron chi connectivity index (χ2n) is 7.30. The number of nitrogens with zero attached hydrogens (tertiary/aromatic N) is 3. The van der Waals surface area contributed by atoms with E-state index in [-0.39, 0.29) is 36.1 Å². The summed E-state index contributed by atoms with van der Waals surface area (Å²) in [7, 11) is 3.35. The van der Waals surface area contributed by atoms with Crippen molar-refractivity contribution in [2.45, 2.75) is 31.1 Å². The van der Waals surface area contributed by atoms with Crippen LogP contribution in [0.15, 0.2) is 29.3 Å². The molecule has 29 heavy (non-hydrogen) atoms. The van der Waals surface area contributed by atoms with Gasteiger partial charge in [-0.2, -0.15) is 13.2 Å². The zero-order valence-electron chi connectivity index (χ0n) is 16.7. The summed E-state index contributed by atoms with van der Waals surface area (Å²) < 4.78 is 43.1. The molecule has 0 aromatic heterocycles. The molecular formula is C19H29F3IN5O. The van der Waals surface area contributed by atoms with Crippen LogP contribution in [-0.4, -0.2) is 76.0 Å². The van der Waals surface area contributed by atoms with E-state index in [0.29, 0.717) is 25.5 Å². The van der Waals surface area contributed by atoms with Gasteiger partial charge in [-0.05, 0) is 25.0 Å². The van der Waals surface area contributed by atoms with Crippen LogP contribution < -0.4 is 20.3 Å². The molecule has 1 aromatic carbocycles. The second-order valence-corrected chi connectivity index (χ2v) is 7.30. The summed E-state index contributed by atoms with van der Waals surface area (Å²) in [6.07, 6.45) is -2.53. The van der Waals surface area contributed by atoms with Crippen molar-refractivity contribution in [3.8, 4) is 5.75 Å². The minimum atomic E-state index is -4.15. The standard InChI is InChI=1S/C19H28F3N5O.HI/c1-23-18(24-14-7-9-26(11-14)13-19(20,21)22)25-15-8-10-27(12-15)16-5-3-4-6-17(16)28-2;/h3-6,14-15H,7-13H2,1-2H3,(H2,23,24,25);1H. The van der Waals surface area contributed by atoms with Crippen molar-refractivity contribution in [1.29, 1.82) is 0 Å². The van der Waals surface area contributed by atoms with Crippen LogP contribution in [0.4, 0.5) is 18.9 Å². The molecule has 1 aromatic rings. The molecular weight excluding hydrogens is 498 g/mol. The van der Waals surface area contributed by atoms with Crippen LogP contribution in [0.25, 0.3) is 0 Å². The Bertz CT molecular complexity index is 688. The van der Waals surface area contributed by atoms with Gasteiger partial charge in [-0.15, -0.1) is 24.0 Å². The molecule has 2 aliphatic rings. The van der Waals surface area contributed by atoms with E-state index in [9.17, 15) is 13.2 Å². The molecule has 0 bridgehead atoms. The van der Waals surface area contributed by atoms with E-state index in [1.54, 1.807) is 14.2 Å². The predicted molar refractivity (Wildman–Crippen MR) is 120 cm³/mol. The topological polar surface area (TPSA) is 52.1 Å². The van der Waals surface area contributed by atoms with Crippen molar-refractivity contribution in [2.75, 3.05) is 51.8 Å². The number of hydrogen-bond acceptors (Lipinski definition) is 4. The highest BCUT2D eigenvalue weighted by Crippen LogP contribution is 2.30. The van der Waals surface area contributed by atoms with Crippen molar-refractivity contribution in [3.63, 3.8) is 0 Å². The highest BCUT2D eigenvalue weighted by Gasteiger charge is 2.34. The maximum Gasteiger partial charge on any atom is 0.401 e. The molecule has 0 spiro atoms. The number of aliphatic imine (C=N–C) groups is 1. The Labute approximate surface area is 186 Å². The van der Waals surface area contributed by atoms with E-state index in [1.807, 2.05) is 24.3 Å². The molecule has 2 unspecified atom stereocenters. The summed E-state index contributed by atoms with van der Waals surface area (Å²) in [5, 5.41) is 6.68. The summed E-state index contributed by atoms with van der Waals surface area (Å²) >= 11 is 0. The molecule has 0 saturated carbocycles. The lowest BCUT2D eigenvalue weighted by atomic mass is 10.2. The molecule has 2 atom stereocenters. The van der Waals surface area contributed by atoms with Gasteiger partial charge in [0.25, 0.3) is 0 Å². The third-order valence-electron chi connectivity index (χ3n) is 5.19. The number of alkyl halides is 3. The molecule has 3 rings (SSSR count). The Morgan fingerprint density at radius 3 is 2.45 bits per heavy atom. The van der Waals surface area contributed by atoms with Gasteiger partial charge in [-0.1, -0.05) is 12.1 Å². The largest absolute Gasteiger partial charge is 0.495 e. The van der Waals surface area contributed by atoms with Gasteiger partial charge in [0.15, 0.2) is 5.96 Å². The number of rotatable bonds is 5. The highest BCUT2D eigenvalue weighted by molar-refractivity contribution is 14.0. The summed E-state index contributed by atoms with van der Waals surface area (Å²) in [5.74, 6) is 1.49. The molecule has 2 heterocycles. The second kappa shape index (κ2) is 10.6. The minimum absolute atomic E-state index is 0. The molecule has 2 fully saturated rings. The summed E-state index contributed by atoms with van der Waals surface area (Å²) in [5.41, 5.74) is 1.07. The fourth-order valence-corrected chi connectivity index (χ4v) is 3.89. The van der Waals surface area contributed by atoms with Crippen LogP contribution in [-0.2, 0) is 0 Å². The van der Waals surface area contributed by atoms with E-state index >= 15 is 0 Å². The molecule has 0 amide bonds. The van der Waals surface area contributed by atoms with Gasteiger partial charge < -0.3 is 20.3 Å². The first kappa shape index (κ1) is 23.8. The Morgan fingerprint density at radius 2 is 1.79 bits per heavy atom. The normalized spacial score (nSPS) is 23.1. The number of guanidine groups is 1. The number of hydrogen-bond donors (Lipinski definition) is 2. The van der Waals surface area contributed by atoms with Gasteiger partial charge in [0, 0.05) is 45.3 Å². The predicted octanol–water partition coefficient (Wildman–Crippen LogP) is 2.69. The maximum absolute atomic E-state index is 12.6. The Balaban J connectivity index is 0.00000300. The first-order valence-corrected chi connectivity index (χ1v) is 9.55. The van der Waals surface area contributed by atoms with E-state index in [0.717, 1.165) is 30.9 Å². The van der Waals surface area contributed by atoms with Crippen LogP contribution in [0.5, 0.6) is 5.75 Å². The number of para-hydroxylation sites is 2. The van der Waals surface area contributed by atoms with Crippen molar-refractivity contribution < 1.29 is 17.9 Å². The number of ether oxygens (including phenoxy) is 1. The molecule has 0 aliphatic carbocycles. The number of halogens is 4. The molecule has 2 N–H and O–H groups in total. The van der Waals surface area contributed by atoms with Crippen LogP contribution in [0.1, 0.15) is 12.8 Å². The molecule has 0 radical (unpaired) electrons. The first-order valence-electron chi connectivity index (χ1n) is 9.55. The fourth-order valence-electron chi connectivity index (χ4n) is 3.89. The van der Waals surface area contributed by atoms with Crippen LogP contribution in [0, 0.1) is 0 Å². The van der Waals surface area contributed by atoms with Gasteiger partial charge in [0.1, 0.15) is 5.75 Å². The fraction of sp³-hybridized carbons (Fsp3) is 0.632. The summed E-state index contributed by atoms with van der Waals surface area (Å²) in [4.78, 5) is 7.96. The number of likely N-dealkylation sites (tertiary alicyclic amines) is 1. The average Bonchev–Trinajstić information content (AvgIpc) is 3.29. The highest BCUT2D eigenvalue weighted by atomic mass is 127. The zero-order chi connectivity index (χ0) is 20.1. The van der Waals surface area contributed by atoms with E-state index in [2.05, 4.69) is 20.5 Å². The van der Waals surface area contributed by atoms with Crippen LogP contribution in [0.2, 0.25) is 0 Å². The third kappa shape index (κ3) is 6.80. The van der Waals surface area contributed by atoms with Crippen molar-refractivity contribution in [1.82, 2.24) is 15.5 Å². The maximum atomic E-state index is 12.6.